The Morgan fingerprint density at radius 2 is 1.78 bits per heavy atom. The molecule has 0 bridgehead atoms. The maximum Gasteiger partial charge on any atom is 0.0580 e. The van der Waals surface area contributed by atoms with Crippen LogP contribution in [0.15, 0.2) is 0 Å². The zero-order valence-corrected chi connectivity index (χ0v) is 11.5. The predicted molar refractivity (Wildman–Crippen MR) is 73.6 cm³/mol. The summed E-state index contributed by atoms with van der Waals surface area (Å²) in [6.07, 6.45) is 10.2. The average Bonchev–Trinajstić information content (AvgIpc) is 2.81. The van der Waals surface area contributed by atoms with E-state index in [1.807, 2.05) is 0 Å². The van der Waals surface area contributed by atoms with E-state index in [1.165, 1.54) is 58.0 Å². The number of hydrogen-bond donors (Lipinski definition) is 2. The fourth-order valence-electron chi connectivity index (χ4n) is 4.21. The molecule has 2 N–H and O–H groups in total. The van der Waals surface area contributed by atoms with Crippen molar-refractivity contribution in [2.24, 2.45) is 5.92 Å². The van der Waals surface area contributed by atoms with E-state index in [0.29, 0.717) is 12.0 Å². The predicted octanol–water partition coefficient (Wildman–Crippen LogP) is 1.75. The number of hydrogen-bond acceptors (Lipinski definition) is 3. The maximum absolute atomic E-state index is 10.0. The van der Waals surface area contributed by atoms with E-state index >= 15 is 0 Å². The van der Waals surface area contributed by atoms with Crippen molar-refractivity contribution in [1.29, 1.82) is 0 Å². The quantitative estimate of drug-likeness (QED) is 0.803. The van der Waals surface area contributed by atoms with Crippen LogP contribution in [0, 0.1) is 5.92 Å². The van der Waals surface area contributed by atoms with Crippen molar-refractivity contribution in [3.8, 4) is 0 Å². The molecular weight excluding hydrogens is 224 g/mol. The third-order valence-corrected chi connectivity index (χ3v) is 5.37. The third kappa shape index (κ3) is 2.73. The average molecular weight is 252 g/mol. The molecule has 0 amide bonds. The second-order valence-corrected chi connectivity index (χ2v) is 6.51. The normalized spacial score (nSPS) is 41.8. The van der Waals surface area contributed by atoms with E-state index in [0.717, 1.165) is 19.0 Å². The summed E-state index contributed by atoms with van der Waals surface area (Å²) in [7, 11) is 0. The molecule has 3 rings (SSSR count). The first-order chi connectivity index (χ1) is 8.84. The smallest absolute Gasteiger partial charge is 0.0580 e. The van der Waals surface area contributed by atoms with Gasteiger partial charge in [-0.1, -0.05) is 19.3 Å². The second-order valence-electron chi connectivity index (χ2n) is 6.51. The first-order valence-corrected chi connectivity index (χ1v) is 8.00. The van der Waals surface area contributed by atoms with Gasteiger partial charge in [-0.25, -0.2) is 0 Å². The minimum absolute atomic E-state index is 0.0462. The highest BCUT2D eigenvalue weighted by atomic mass is 16.3. The van der Waals surface area contributed by atoms with Crippen LogP contribution < -0.4 is 5.32 Å². The Balaban J connectivity index is 1.48. The summed E-state index contributed by atoms with van der Waals surface area (Å²) in [6.45, 7) is 3.64. The highest BCUT2D eigenvalue weighted by Crippen LogP contribution is 2.28. The van der Waals surface area contributed by atoms with E-state index in [4.69, 9.17) is 0 Å². The van der Waals surface area contributed by atoms with Gasteiger partial charge in [0.1, 0.15) is 0 Å². The summed E-state index contributed by atoms with van der Waals surface area (Å²) in [5.74, 6) is 0.511. The van der Waals surface area contributed by atoms with Crippen LogP contribution >= 0.6 is 0 Å². The van der Waals surface area contributed by atoms with E-state index < -0.39 is 0 Å². The zero-order valence-electron chi connectivity index (χ0n) is 11.5. The van der Waals surface area contributed by atoms with Crippen molar-refractivity contribution in [3.05, 3.63) is 0 Å². The monoisotopic (exact) mass is 252 g/mol. The topological polar surface area (TPSA) is 35.5 Å². The van der Waals surface area contributed by atoms with Gasteiger partial charge in [0.15, 0.2) is 0 Å². The lowest BCUT2D eigenvalue weighted by molar-refractivity contribution is 0.0664. The van der Waals surface area contributed by atoms with Gasteiger partial charge >= 0.3 is 0 Å². The van der Waals surface area contributed by atoms with Crippen LogP contribution in [-0.2, 0) is 0 Å². The van der Waals surface area contributed by atoms with Gasteiger partial charge in [-0.2, -0.15) is 0 Å². The third-order valence-electron chi connectivity index (χ3n) is 5.37. The van der Waals surface area contributed by atoms with Crippen molar-refractivity contribution in [1.82, 2.24) is 10.2 Å². The van der Waals surface area contributed by atoms with E-state index in [1.54, 1.807) is 0 Å². The fraction of sp³-hybridized carbons (Fsp3) is 1.00. The van der Waals surface area contributed by atoms with Crippen molar-refractivity contribution in [2.45, 2.75) is 69.6 Å². The van der Waals surface area contributed by atoms with Gasteiger partial charge in [0.25, 0.3) is 0 Å². The molecule has 3 aliphatic rings. The molecule has 4 unspecified atom stereocenters. The van der Waals surface area contributed by atoms with E-state index in [2.05, 4.69) is 10.2 Å². The first kappa shape index (κ1) is 12.9. The lowest BCUT2D eigenvalue weighted by Gasteiger charge is -2.34. The molecule has 104 valence electrons. The molecule has 18 heavy (non-hydrogen) atoms. The van der Waals surface area contributed by atoms with Gasteiger partial charge in [0.05, 0.1) is 6.10 Å². The first-order valence-electron chi connectivity index (χ1n) is 8.00. The number of piperidine rings is 1. The number of nitrogens with zero attached hydrogens (tertiary/aromatic N) is 1. The maximum atomic E-state index is 10.0. The van der Waals surface area contributed by atoms with Crippen molar-refractivity contribution in [3.63, 3.8) is 0 Å². The van der Waals surface area contributed by atoms with Crippen molar-refractivity contribution in [2.75, 3.05) is 19.6 Å². The second kappa shape index (κ2) is 5.89. The van der Waals surface area contributed by atoms with Crippen LogP contribution in [0.3, 0.4) is 0 Å². The van der Waals surface area contributed by atoms with Crippen LogP contribution in [0.1, 0.15) is 51.4 Å². The largest absolute Gasteiger partial charge is 0.393 e. The molecule has 0 aromatic rings. The van der Waals surface area contributed by atoms with Gasteiger partial charge in [0.2, 0.25) is 0 Å². The standard InChI is InChI=1S/C15H28N2O/c18-15-7-2-1-5-12(15)11-16-13-8-10-17-9-4-3-6-14(13)17/h12-16,18H,1-11H2. The molecule has 0 radical (unpaired) electrons. The minimum Gasteiger partial charge on any atom is -0.393 e. The Kier molecular flexibility index (Phi) is 4.22. The van der Waals surface area contributed by atoms with Gasteiger partial charge in [-0.3, -0.25) is 4.90 Å². The fourth-order valence-corrected chi connectivity index (χ4v) is 4.21. The number of nitrogens with one attached hydrogen (secondary N) is 1. The Morgan fingerprint density at radius 3 is 2.67 bits per heavy atom. The molecule has 0 spiro atoms. The molecule has 1 saturated carbocycles. The van der Waals surface area contributed by atoms with Crippen molar-refractivity contribution < 1.29 is 5.11 Å². The molecule has 3 fully saturated rings. The number of aliphatic hydroxyl groups excluding tert-OH is 1. The summed E-state index contributed by atoms with van der Waals surface area (Å²) in [5, 5.41) is 13.8. The Bertz CT molecular complexity index is 271. The summed E-state index contributed by atoms with van der Waals surface area (Å²) in [6, 6.07) is 1.49. The Labute approximate surface area is 111 Å². The van der Waals surface area contributed by atoms with Crippen molar-refractivity contribution >= 4 is 0 Å². The molecule has 3 nitrogen and oxygen atoms in total. The highest BCUT2D eigenvalue weighted by Gasteiger charge is 2.35. The van der Waals surface area contributed by atoms with Crippen LogP contribution in [-0.4, -0.2) is 47.8 Å². The van der Waals surface area contributed by atoms with Crippen LogP contribution in [0.25, 0.3) is 0 Å². The molecule has 0 aromatic carbocycles. The molecular formula is C15H28N2O. The summed E-state index contributed by atoms with van der Waals surface area (Å²) in [5.41, 5.74) is 0. The highest BCUT2D eigenvalue weighted by molar-refractivity contribution is 4.94. The molecule has 1 aliphatic carbocycles. The molecule has 2 saturated heterocycles. The van der Waals surface area contributed by atoms with E-state index in [-0.39, 0.29) is 6.10 Å². The zero-order chi connectivity index (χ0) is 12.4. The molecule has 4 atom stereocenters. The number of rotatable bonds is 3. The summed E-state index contributed by atoms with van der Waals surface area (Å²) >= 11 is 0. The van der Waals surface area contributed by atoms with Crippen LogP contribution in [0.2, 0.25) is 0 Å². The van der Waals surface area contributed by atoms with Gasteiger partial charge in [-0.05, 0) is 44.6 Å². The number of fused-ring (bicyclic) bond motifs is 1. The van der Waals surface area contributed by atoms with Gasteiger partial charge in [-0.15, -0.1) is 0 Å². The van der Waals surface area contributed by atoms with Gasteiger partial charge < -0.3 is 10.4 Å². The van der Waals surface area contributed by atoms with Crippen LogP contribution in [0.4, 0.5) is 0 Å². The molecule has 2 heterocycles. The minimum atomic E-state index is -0.0462. The lowest BCUT2D eigenvalue weighted by atomic mass is 9.86. The lowest BCUT2D eigenvalue weighted by Crippen LogP contribution is -2.47. The number of aliphatic hydroxyl groups is 1. The summed E-state index contributed by atoms with van der Waals surface area (Å²) in [4.78, 5) is 2.68. The Morgan fingerprint density at radius 1 is 0.944 bits per heavy atom. The van der Waals surface area contributed by atoms with E-state index in [9.17, 15) is 5.11 Å². The Hall–Kier alpha value is -0.120. The molecule has 3 heteroatoms. The van der Waals surface area contributed by atoms with Crippen LogP contribution in [0.5, 0.6) is 0 Å². The SMILES string of the molecule is OC1CCCCC1CNC1CCN2CCCCC12. The van der Waals surface area contributed by atoms with Gasteiger partial charge in [0, 0.05) is 25.2 Å². The molecule has 2 aliphatic heterocycles. The molecule has 0 aromatic heterocycles. The summed E-state index contributed by atoms with van der Waals surface area (Å²) < 4.78 is 0.